The maximum atomic E-state index is 13.8. The van der Waals surface area contributed by atoms with Gasteiger partial charge in [0, 0.05) is 37.6 Å². The molecule has 2 aromatic rings. The number of carbonyl (C=O) groups excluding carboxylic acids is 1. The van der Waals surface area contributed by atoms with Crippen molar-refractivity contribution in [2.24, 2.45) is 0 Å². The summed E-state index contributed by atoms with van der Waals surface area (Å²) in [6.45, 7) is 1.23. The van der Waals surface area contributed by atoms with E-state index in [-0.39, 0.29) is 17.8 Å². The number of carbonyl (C=O) groups is 1. The summed E-state index contributed by atoms with van der Waals surface area (Å²) in [5.74, 6) is -0.620. The van der Waals surface area contributed by atoms with E-state index in [1.807, 2.05) is 10.8 Å². The average Bonchev–Trinajstić information content (AvgIpc) is 2.94. The Hall–Kier alpha value is -2.77. The van der Waals surface area contributed by atoms with Gasteiger partial charge in [-0.05, 0) is 6.07 Å². The quantitative estimate of drug-likeness (QED) is 0.621. The number of rotatable bonds is 2. The minimum atomic E-state index is -0.764. The molecule has 0 saturated heterocycles. The van der Waals surface area contributed by atoms with Gasteiger partial charge in [-0.1, -0.05) is 0 Å². The minimum absolute atomic E-state index is 0.258. The van der Waals surface area contributed by atoms with Crippen LogP contribution in [0.3, 0.4) is 0 Å². The number of nitro benzene ring substituents is 1. The normalized spacial score (nSPS) is 13.9. The molecule has 108 valence electrons. The van der Waals surface area contributed by atoms with Crippen LogP contribution in [0.1, 0.15) is 16.2 Å². The van der Waals surface area contributed by atoms with Gasteiger partial charge in [0.25, 0.3) is 11.6 Å². The van der Waals surface area contributed by atoms with Crippen LogP contribution in [0.25, 0.3) is 0 Å². The zero-order valence-corrected chi connectivity index (χ0v) is 10.9. The lowest BCUT2D eigenvalue weighted by molar-refractivity contribution is -0.384. The van der Waals surface area contributed by atoms with Crippen molar-refractivity contribution in [3.63, 3.8) is 0 Å². The molecule has 1 aromatic heterocycles. The van der Waals surface area contributed by atoms with Gasteiger partial charge in [-0.3, -0.25) is 14.9 Å². The Morgan fingerprint density at radius 2 is 2.19 bits per heavy atom. The second-order valence-corrected chi connectivity index (χ2v) is 4.68. The fourth-order valence-electron chi connectivity index (χ4n) is 2.31. The molecular weight excluding hydrogens is 279 g/mol. The van der Waals surface area contributed by atoms with E-state index >= 15 is 0 Å². The minimum Gasteiger partial charge on any atom is -0.332 e. The first-order valence-corrected chi connectivity index (χ1v) is 6.29. The molecule has 0 atom stereocenters. The summed E-state index contributed by atoms with van der Waals surface area (Å²) in [7, 11) is 0. The number of aromatic nitrogens is 2. The molecule has 0 fully saturated rings. The summed E-state index contributed by atoms with van der Waals surface area (Å²) in [6.07, 6.45) is 3.45. The Labute approximate surface area is 118 Å². The summed E-state index contributed by atoms with van der Waals surface area (Å²) < 4.78 is 15.7. The maximum absolute atomic E-state index is 13.8. The predicted molar refractivity (Wildman–Crippen MR) is 70.0 cm³/mol. The van der Waals surface area contributed by atoms with Crippen LogP contribution in [0.5, 0.6) is 0 Å². The van der Waals surface area contributed by atoms with E-state index in [1.165, 1.54) is 4.90 Å². The van der Waals surface area contributed by atoms with Crippen LogP contribution in [0.2, 0.25) is 0 Å². The van der Waals surface area contributed by atoms with Gasteiger partial charge in [0.05, 0.1) is 17.0 Å². The molecule has 0 radical (unpaired) electrons. The second-order valence-electron chi connectivity index (χ2n) is 4.68. The third-order valence-electron chi connectivity index (χ3n) is 3.42. The molecule has 1 aliphatic heterocycles. The number of amides is 1. The summed E-state index contributed by atoms with van der Waals surface area (Å²) in [5.41, 5.74) is -0.595. The molecule has 2 heterocycles. The van der Waals surface area contributed by atoms with Crippen LogP contribution in [-0.4, -0.2) is 31.8 Å². The number of imidazole rings is 1. The lowest BCUT2D eigenvalue weighted by Crippen LogP contribution is -2.38. The molecule has 21 heavy (non-hydrogen) atoms. The Morgan fingerprint density at radius 1 is 1.38 bits per heavy atom. The van der Waals surface area contributed by atoms with Crippen LogP contribution in [-0.2, 0) is 13.1 Å². The smallest absolute Gasteiger partial charge is 0.270 e. The maximum Gasteiger partial charge on any atom is 0.270 e. The van der Waals surface area contributed by atoms with Crippen LogP contribution in [0, 0.1) is 15.9 Å². The van der Waals surface area contributed by atoms with Gasteiger partial charge in [0.15, 0.2) is 0 Å². The lowest BCUT2D eigenvalue weighted by atomic mass is 10.1. The van der Waals surface area contributed by atoms with Crippen LogP contribution in [0.4, 0.5) is 10.1 Å². The monoisotopic (exact) mass is 290 g/mol. The Morgan fingerprint density at radius 3 is 2.95 bits per heavy atom. The van der Waals surface area contributed by atoms with Gasteiger partial charge in [-0.25, -0.2) is 9.37 Å². The number of hydrogen-bond acceptors (Lipinski definition) is 4. The fraction of sp³-hybridized carbons (Fsp3) is 0.231. The molecule has 0 saturated carbocycles. The number of non-ortho nitro benzene ring substituents is 1. The number of halogens is 1. The Bertz CT molecular complexity index is 728. The third kappa shape index (κ3) is 2.35. The summed E-state index contributed by atoms with van der Waals surface area (Å²) >= 11 is 0. The van der Waals surface area contributed by atoms with Crippen molar-refractivity contribution in [1.82, 2.24) is 14.5 Å². The standard InChI is InChI=1S/C13H11FN4O3/c14-11-2-1-9(18(20)21)7-10(11)13(19)17-6-5-16-4-3-15-12(16)8-17/h1-4,7H,5-6,8H2. The highest BCUT2D eigenvalue weighted by atomic mass is 19.1. The van der Waals surface area contributed by atoms with E-state index in [4.69, 9.17) is 0 Å². The lowest BCUT2D eigenvalue weighted by Gasteiger charge is -2.27. The van der Waals surface area contributed by atoms with Crippen molar-refractivity contribution in [1.29, 1.82) is 0 Å². The molecule has 1 aliphatic rings. The molecule has 1 aromatic carbocycles. The highest BCUT2D eigenvalue weighted by molar-refractivity contribution is 5.95. The highest BCUT2D eigenvalue weighted by Gasteiger charge is 2.25. The van der Waals surface area contributed by atoms with Crippen molar-refractivity contribution < 1.29 is 14.1 Å². The number of nitro groups is 1. The van der Waals surface area contributed by atoms with Crippen molar-refractivity contribution >= 4 is 11.6 Å². The molecular formula is C13H11FN4O3. The topological polar surface area (TPSA) is 81.3 Å². The third-order valence-corrected chi connectivity index (χ3v) is 3.42. The summed E-state index contributed by atoms with van der Waals surface area (Å²) in [5, 5.41) is 10.7. The fourth-order valence-corrected chi connectivity index (χ4v) is 2.31. The molecule has 0 bridgehead atoms. The first kappa shape index (κ1) is 13.2. The Kier molecular flexibility index (Phi) is 3.13. The van der Waals surface area contributed by atoms with Gasteiger partial charge in [-0.2, -0.15) is 0 Å². The van der Waals surface area contributed by atoms with E-state index < -0.39 is 16.6 Å². The summed E-state index contributed by atoms with van der Waals surface area (Å²) in [6, 6.07) is 2.95. The average molecular weight is 290 g/mol. The molecule has 7 nitrogen and oxygen atoms in total. The SMILES string of the molecule is O=C(c1cc([N+](=O)[O-])ccc1F)N1CCn2ccnc2C1. The number of fused-ring (bicyclic) bond motifs is 1. The zero-order chi connectivity index (χ0) is 15.0. The molecule has 3 rings (SSSR count). The van der Waals surface area contributed by atoms with Crippen LogP contribution < -0.4 is 0 Å². The highest BCUT2D eigenvalue weighted by Crippen LogP contribution is 2.20. The van der Waals surface area contributed by atoms with Gasteiger partial charge < -0.3 is 9.47 Å². The predicted octanol–water partition coefficient (Wildman–Crippen LogP) is 1.59. The summed E-state index contributed by atoms with van der Waals surface area (Å²) in [4.78, 5) is 28.0. The van der Waals surface area contributed by atoms with Crippen molar-refractivity contribution in [2.45, 2.75) is 13.1 Å². The van der Waals surface area contributed by atoms with E-state index in [0.717, 1.165) is 18.2 Å². The van der Waals surface area contributed by atoms with Gasteiger partial charge >= 0.3 is 0 Å². The first-order chi connectivity index (χ1) is 10.1. The zero-order valence-electron chi connectivity index (χ0n) is 10.9. The van der Waals surface area contributed by atoms with Gasteiger partial charge in [0.2, 0.25) is 0 Å². The number of nitrogens with zero attached hydrogens (tertiary/aromatic N) is 4. The van der Waals surface area contributed by atoms with Gasteiger partial charge in [0.1, 0.15) is 11.6 Å². The molecule has 8 heteroatoms. The van der Waals surface area contributed by atoms with E-state index in [9.17, 15) is 19.3 Å². The number of benzene rings is 1. The largest absolute Gasteiger partial charge is 0.332 e. The Balaban J connectivity index is 1.89. The molecule has 0 spiro atoms. The number of hydrogen-bond donors (Lipinski definition) is 0. The molecule has 0 aliphatic carbocycles. The second kappa shape index (κ2) is 4.97. The van der Waals surface area contributed by atoms with E-state index in [1.54, 1.807) is 6.20 Å². The van der Waals surface area contributed by atoms with Crippen molar-refractivity contribution in [2.75, 3.05) is 6.54 Å². The van der Waals surface area contributed by atoms with E-state index in [2.05, 4.69) is 4.98 Å². The van der Waals surface area contributed by atoms with Gasteiger partial charge in [-0.15, -0.1) is 0 Å². The van der Waals surface area contributed by atoms with Crippen LogP contribution in [0.15, 0.2) is 30.6 Å². The first-order valence-electron chi connectivity index (χ1n) is 6.29. The molecule has 1 amide bonds. The van der Waals surface area contributed by atoms with Crippen molar-refractivity contribution in [3.8, 4) is 0 Å². The molecule has 0 unspecified atom stereocenters. The van der Waals surface area contributed by atoms with Crippen LogP contribution >= 0.6 is 0 Å². The molecule has 0 N–H and O–H groups in total. The van der Waals surface area contributed by atoms with Crippen molar-refractivity contribution in [3.05, 3.63) is 57.9 Å². The van der Waals surface area contributed by atoms with E-state index in [0.29, 0.717) is 18.9 Å².